The van der Waals surface area contributed by atoms with Crippen molar-refractivity contribution in [1.29, 1.82) is 0 Å². The lowest BCUT2D eigenvalue weighted by Crippen LogP contribution is -2.02. The highest BCUT2D eigenvalue weighted by Crippen LogP contribution is 2.29. The molecule has 19 heavy (non-hydrogen) atoms. The van der Waals surface area contributed by atoms with Crippen LogP contribution in [-0.4, -0.2) is 25.9 Å². The minimum Gasteiger partial charge on any atom is -0.369 e. The Balaban J connectivity index is 2.03. The Labute approximate surface area is 115 Å². The van der Waals surface area contributed by atoms with Crippen molar-refractivity contribution in [2.24, 2.45) is 0 Å². The van der Waals surface area contributed by atoms with E-state index in [1.165, 1.54) is 0 Å². The van der Waals surface area contributed by atoms with Crippen molar-refractivity contribution in [2.45, 2.75) is 16.8 Å². The van der Waals surface area contributed by atoms with Gasteiger partial charge >= 0.3 is 0 Å². The number of imidazole rings is 1. The third-order valence-corrected chi connectivity index (χ3v) is 3.54. The van der Waals surface area contributed by atoms with Gasteiger partial charge in [-0.1, -0.05) is 11.8 Å². The lowest BCUT2D eigenvalue weighted by Gasteiger charge is -2.07. The largest absolute Gasteiger partial charge is 0.369 e. The molecule has 0 fully saturated rings. The number of pyridine rings is 1. The van der Waals surface area contributed by atoms with E-state index in [1.54, 1.807) is 30.4 Å². The molecule has 0 unspecified atom stereocenters. The van der Waals surface area contributed by atoms with E-state index in [0.717, 1.165) is 27.9 Å². The molecule has 0 atom stereocenters. The molecule has 1 N–H and O–H groups in total. The van der Waals surface area contributed by atoms with Crippen LogP contribution in [0.5, 0.6) is 0 Å². The first kappa shape index (κ1) is 12.0. The van der Waals surface area contributed by atoms with Crippen molar-refractivity contribution in [2.75, 3.05) is 11.9 Å². The number of anilines is 1. The molecule has 0 radical (unpaired) electrons. The van der Waals surface area contributed by atoms with Crippen molar-refractivity contribution in [3.63, 3.8) is 0 Å². The van der Waals surface area contributed by atoms with Crippen molar-refractivity contribution >= 4 is 23.2 Å². The maximum absolute atomic E-state index is 4.61. The highest BCUT2D eigenvalue weighted by Gasteiger charge is 2.08. The quantitative estimate of drug-likeness (QED) is 0.790. The molecule has 6 heteroatoms. The fourth-order valence-electron chi connectivity index (χ4n) is 1.76. The van der Waals surface area contributed by atoms with Crippen LogP contribution in [0.1, 0.15) is 6.92 Å². The van der Waals surface area contributed by atoms with Crippen LogP contribution < -0.4 is 5.32 Å². The van der Waals surface area contributed by atoms with Crippen molar-refractivity contribution in [3.8, 4) is 0 Å². The van der Waals surface area contributed by atoms with Gasteiger partial charge in [0, 0.05) is 36.2 Å². The molecule has 0 saturated heterocycles. The summed E-state index contributed by atoms with van der Waals surface area (Å²) in [5, 5.41) is 4.11. The molecule has 0 spiro atoms. The molecule has 0 aromatic carbocycles. The van der Waals surface area contributed by atoms with Gasteiger partial charge in [0.1, 0.15) is 10.8 Å². The Morgan fingerprint density at radius 2 is 2.11 bits per heavy atom. The lowest BCUT2D eigenvalue weighted by molar-refractivity contribution is 1.01. The Bertz CT molecular complexity index is 680. The van der Waals surface area contributed by atoms with Crippen LogP contribution >= 0.6 is 11.8 Å². The normalized spacial score (nSPS) is 10.8. The van der Waals surface area contributed by atoms with E-state index in [2.05, 4.69) is 27.2 Å². The van der Waals surface area contributed by atoms with Gasteiger partial charge in [-0.05, 0) is 19.1 Å². The summed E-state index contributed by atoms with van der Waals surface area (Å²) in [6.07, 6.45) is 9.21. The van der Waals surface area contributed by atoms with Gasteiger partial charge in [0.2, 0.25) is 0 Å². The Morgan fingerprint density at radius 1 is 1.26 bits per heavy atom. The zero-order valence-electron chi connectivity index (χ0n) is 10.4. The highest BCUT2D eigenvalue weighted by atomic mass is 32.2. The molecule has 0 bridgehead atoms. The molecule has 5 nitrogen and oxygen atoms in total. The summed E-state index contributed by atoms with van der Waals surface area (Å²) in [5.74, 6) is 0.851. The van der Waals surface area contributed by atoms with Gasteiger partial charge in [0.25, 0.3) is 0 Å². The molecule has 0 aliphatic rings. The molecule has 3 heterocycles. The fourth-order valence-corrected chi connectivity index (χ4v) is 2.63. The maximum atomic E-state index is 4.61. The number of fused-ring (bicyclic) bond motifs is 1. The molecule has 3 aromatic heterocycles. The van der Waals surface area contributed by atoms with Gasteiger partial charge in [-0.2, -0.15) is 0 Å². The molecular weight excluding hydrogens is 258 g/mol. The van der Waals surface area contributed by atoms with Gasteiger partial charge in [0.15, 0.2) is 5.65 Å². The van der Waals surface area contributed by atoms with Crippen LogP contribution in [0.2, 0.25) is 0 Å². The van der Waals surface area contributed by atoms with E-state index < -0.39 is 0 Å². The number of nitrogens with zero attached hydrogens (tertiary/aromatic N) is 4. The SMILES string of the molecule is CCNc1cn2ccnc2c(Sc2ccncc2)n1. The Kier molecular flexibility index (Phi) is 3.33. The Hall–Kier alpha value is -2.08. The summed E-state index contributed by atoms with van der Waals surface area (Å²) in [6, 6.07) is 3.93. The lowest BCUT2D eigenvalue weighted by atomic mass is 10.5. The van der Waals surface area contributed by atoms with Gasteiger partial charge in [-0.3, -0.25) is 4.98 Å². The monoisotopic (exact) mass is 271 g/mol. The molecule has 0 aliphatic carbocycles. The zero-order valence-corrected chi connectivity index (χ0v) is 11.3. The van der Waals surface area contributed by atoms with Crippen LogP contribution in [-0.2, 0) is 0 Å². The number of nitrogens with one attached hydrogen (secondary N) is 1. The molecule has 96 valence electrons. The molecule has 0 aliphatic heterocycles. The second-order valence-corrected chi connectivity index (χ2v) is 4.97. The summed E-state index contributed by atoms with van der Waals surface area (Å²) in [4.78, 5) is 14.1. The predicted molar refractivity (Wildman–Crippen MR) is 75.5 cm³/mol. The first-order chi connectivity index (χ1) is 9.36. The fraction of sp³-hybridized carbons (Fsp3) is 0.154. The van der Waals surface area contributed by atoms with Crippen molar-refractivity contribution < 1.29 is 0 Å². The van der Waals surface area contributed by atoms with Gasteiger partial charge in [0.05, 0.1) is 6.20 Å². The standard InChI is InChI=1S/C13H13N5S/c1-2-15-11-9-18-8-7-16-12(18)13(17-11)19-10-3-5-14-6-4-10/h3-9,15H,2H2,1H3. The average molecular weight is 271 g/mol. The van der Waals surface area contributed by atoms with E-state index in [1.807, 2.05) is 28.9 Å². The van der Waals surface area contributed by atoms with E-state index in [4.69, 9.17) is 0 Å². The topological polar surface area (TPSA) is 55.1 Å². The van der Waals surface area contributed by atoms with E-state index in [9.17, 15) is 0 Å². The third kappa shape index (κ3) is 2.53. The summed E-state index contributed by atoms with van der Waals surface area (Å²) in [6.45, 7) is 2.89. The molecule has 3 rings (SSSR count). The maximum Gasteiger partial charge on any atom is 0.170 e. The van der Waals surface area contributed by atoms with Crippen LogP contribution in [0.15, 0.2) is 53.0 Å². The summed E-state index contributed by atoms with van der Waals surface area (Å²) >= 11 is 1.59. The molecule has 0 saturated carbocycles. The smallest absolute Gasteiger partial charge is 0.170 e. The van der Waals surface area contributed by atoms with Crippen LogP contribution in [0.4, 0.5) is 5.82 Å². The van der Waals surface area contributed by atoms with Crippen molar-refractivity contribution in [1.82, 2.24) is 19.4 Å². The third-order valence-electron chi connectivity index (χ3n) is 2.57. The zero-order chi connectivity index (χ0) is 13.1. The number of hydrogen-bond donors (Lipinski definition) is 1. The Morgan fingerprint density at radius 3 is 2.89 bits per heavy atom. The second-order valence-electron chi connectivity index (χ2n) is 3.90. The minimum absolute atomic E-state index is 0.840. The van der Waals surface area contributed by atoms with Crippen molar-refractivity contribution in [3.05, 3.63) is 43.1 Å². The number of aromatic nitrogens is 4. The van der Waals surface area contributed by atoms with Crippen LogP contribution in [0.3, 0.4) is 0 Å². The van der Waals surface area contributed by atoms with E-state index >= 15 is 0 Å². The van der Waals surface area contributed by atoms with Gasteiger partial charge in [-0.15, -0.1) is 0 Å². The summed E-state index contributed by atoms with van der Waals surface area (Å²) in [7, 11) is 0. The minimum atomic E-state index is 0.840. The summed E-state index contributed by atoms with van der Waals surface area (Å²) in [5.41, 5.74) is 0.864. The molecule has 0 amide bonds. The first-order valence-corrected chi connectivity index (χ1v) is 6.84. The average Bonchev–Trinajstić information content (AvgIpc) is 2.89. The van der Waals surface area contributed by atoms with E-state index in [-0.39, 0.29) is 0 Å². The molecular formula is C13H13N5S. The van der Waals surface area contributed by atoms with E-state index in [0.29, 0.717) is 0 Å². The van der Waals surface area contributed by atoms with Gasteiger partial charge in [-0.25, -0.2) is 9.97 Å². The first-order valence-electron chi connectivity index (χ1n) is 6.02. The van der Waals surface area contributed by atoms with Crippen LogP contribution in [0.25, 0.3) is 5.65 Å². The highest BCUT2D eigenvalue weighted by molar-refractivity contribution is 7.99. The predicted octanol–water partition coefficient (Wildman–Crippen LogP) is 2.71. The summed E-state index contributed by atoms with van der Waals surface area (Å²) < 4.78 is 1.98. The van der Waals surface area contributed by atoms with Crippen LogP contribution in [0, 0.1) is 0 Å². The number of hydrogen-bond acceptors (Lipinski definition) is 5. The van der Waals surface area contributed by atoms with Gasteiger partial charge < -0.3 is 9.72 Å². The second kappa shape index (κ2) is 5.27. The number of rotatable bonds is 4. The molecule has 3 aromatic rings.